The van der Waals surface area contributed by atoms with Crippen LogP contribution in [-0.2, 0) is 0 Å². The third-order valence-electron chi connectivity index (χ3n) is 2.60. The minimum Gasteiger partial charge on any atom is -0.396 e. The zero-order valence-corrected chi connectivity index (χ0v) is 11.2. The number of aryl methyl sites for hydroxylation is 2. The van der Waals surface area contributed by atoms with Gasteiger partial charge in [-0.05, 0) is 31.0 Å². The lowest BCUT2D eigenvalue weighted by molar-refractivity contribution is 0.171. The maximum Gasteiger partial charge on any atom is 0.0642 e. The molecule has 1 rings (SSSR count). The second kappa shape index (κ2) is 5.07. The molecular formula is C13H20ClNO. The summed E-state index contributed by atoms with van der Waals surface area (Å²) in [4.78, 5) is 0. The van der Waals surface area contributed by atoms with Crippen LogP contribution in [0.1, 0.15) is 25.0 Å². The lowest BCUT2D eigenvalue weighted by Gasteiger charge is -2.24. The zero-order valence-electron chi connectivity index (χ0n) is 10.4. The molecule has 2 N–H and O–H groups in total. The molecule has 1 aromatic rings. The van der Waals surface area contributed by atoms with Gasteiger partial charge in [0.15, 0.2) is 0 Å². The van der Waals surface area contributed by atoms with Gasteiger partial charge in [0.05, 0.1) is 10.7 Å². The first-order valence-electron chi connectivity index (χ1n) is 5.47. The van der Waals surface area contributed by atoms with Gasteiger partial charge in [-0.1, -0.05) is 31.5 Å². The molecule has 0 saturated heterocycles. The number of halogens is 1. The van der Waals surface area contributed by atoms with Crippen LogP contribution in [0.2, 0.25) is 5.02 Å². The van der Waals surface area contributed by atoms with Crippen molar-refractivity contribution in [2.75, 3.05) is 18.5 Å². The summed E-state index contributed by atoms with van der Waals surface area (Å²) in [6.07, 6.45) is 0. The van der Waals surface area contributed by atoms with Crippen LogP contribution in [0.4, 0.5) is 5.69 Å². The first-order chi connectivity index (χ1) is 7.35. The highest BCUT2D eigenvalue weighted by Crippen LogP contribution is 2.28. The monoisotopic (exact) mass is 241 g/mol. The highest BCUT2D eigenvalue weighted by molar-refractivity contribution is 6.33. The van der Waals surface area contributed by atoms with Gasteiger partial charge in [-0.15, -0.1) is 0 Å². The molecule has 2 nitrogen and oxygen atoms in total. The van der Waals surface area contributed by atoms with Crippen LogP contribution in [0.25, 0.3) is 0 Å². The lowest BCUT2D eigenvalue weighted by atomic mass is 9.94. The summed E-state index contributed by atoms with van der Waals surface area (Å²) in [5, 5.41) is 13.2. The predicted molar refractivity (Wildman–Crippen MR) is 70.3 cm³/mol. The maximum atomic E-state index is 9.18. The minimum atomic E-state index is -0.138. The average Bonchev–Trinajstić information content (AvgIpc) is 2.16. The first-order valence-corrected chi connectivity index (χ1v) is 5.85. The zero-order chi connectivity index (χ0) is 12.3. The van der Waals surface area contributed by atoms with Crippen molar-refractivity contribution in [2.45, 2.75) is 27.7 Å². The Hall–Kier alpha value is -0.730. The van der Waals surface area contributed by atoms with E-state index in [0.717, 1.165) is 21.8 Å². The Labute approximate surface area is 103 Å². The standard InChI is InChI=1S/C13H20ClNO/c1-9-5-10(2)12(11(14)6-9)15-7-13(3,4)8-16/h5-6,15-16H,7-8H2,1-4H3. The quantitative estimate of drug-likeness (QED) is 0.847. The van der Waals surface area contributed by atoms with E-state index < -0.39 is 0 Å². The van der Waals surface area contributed by atoms with E-state index in [1.807, 2.05) is 33.8 Å². The molecule has 1 aromatic carbocycles. The molecule has 0 spiro atoms. The van der Waals surface area contributed by atoms with E-state index in [1.165, 1.54) is 0 Å². The molecule has 0 aliphatic rings. The van der Waals surface area contributed by atoms with Gasteiger partial charge in [0.1, 0.15) is 0 Å². The number of hydrogen-bond donors (Lipinski definition) is 2. The molecule has 0 aromatic heterocycles. The number of rotatable bonds is 4. The van der Waals surface area contributed by atoms with Gasteiger partial charge in [-0.25, -0.2) is 0 Å². The van der Waals surface area contributed by atoms with Crippen LogP contribution in [0.3, 0.4) is 0 Å². The first kappa shape index (κ1) is 13.3. The summed E-state index contributed by atoms with van der Waals surface area (Å²) in [6, 6.07) is 4.04. The summed E-state index contributed by atoms with van der Waals surface area (Å²) in [5.74, 6) is 0. The molecule has 3 heteroatoms. The van der Waals surface area contributed by atoms with E-state index in [-0.39, 0.29) is 12.0 Å². The predicted octanol–water partition coefficient (Wildman–Crippen LogP) is 3.39. The van der Waals surface area contributed by atoms with E-state index in [0.29, 0.717) is 6.54 Å². The smallest absolute Gasteiger partial charge is 0.0642 e. The Kier molecular flexibility index (Phi) is 4.22. The maximum absolute atomic E-state index is 9.18. The van der Waals surface area contributed by atoms with E-state index in [4.69, 9.17) is 11.6 Å². The SMILES string of the molecule is Cc1cc(C)c(NCC(C)(C)CO)c(Cl)c1. The third-order valence-corrected chi connectivity index (χ3v) is 2.90. The van der Waals surface area contributed by atoms with Gasteiger partial charge in [-0.2, -0.15) is 0 Å². The van der Waals surface area contributed by atoms with Crippen molar-refractivity contribution in [1.29, 1.82) is 0 Å². The number of aliphatic hydroxyl groups is 1. The molecule has 0 fully saturated rings. The van der Waals surface area contributed by atoms with Crippen molar-refractivity contribution in [3.63, 3.8) is 0 Å². The highest BCUT2D eigenvalue weighted by atomic mass is 35.5. The Balaban J connectivity index is 2.82. The van der Waals surface area contributed by atoms with Crippen LogP contribution >= 0.6 is 11.6 Å². The molecule has 0 atom stereocenters. The van der Waals surface area contributed by atoms with E-state index in [1.54, 1.807) is 0 Å². The van der Waals surface area contributed by atoms with Crippen molar-refractivity contribution >= 4 is 17.3 Å². The molecule has 0 unspecified atom stereocenters. The van der Waals surface area contributed by atoms with Gasteiger partial charge >= 0.3 is 0 Å². The summed E-state index contributed by atoms with van der Waals surface area (Å²) >= 11 is 6.18. The normalized spacial score (nSPS) is 11.6. The number of nitrogens with one attached hydrogen (secondary N) is 1. The minimum absolute atomic E-state index is 0.138. The Morgan fingerprint density at radius 3 is 2.44 bits per heavy atom. The molecule has 0 bridgehead atoms. The van der Waals surface area contributed by atoms with E-state index in [2.05, 4.69) is 11.4 Å². The van der Waals surface area contributed by atoms with Crippen molar-refractivity contribution in [3.05, 3.63) is 28.3 Å². The van der Waals surface area contributed by atoms with Crippen LogP contribution in [0.15, 0.2) is 12.1 Å². The van der Waals surface area contributed by atoms with Gasteiger partial charge in [0.25, 0.3) is 0 Å². The van der Waals surface area contributed by atoms with Gasteiger partial charge in [0.2, 0.25) is 0 Å². The van der Waals surface area contributed by atoms with Crippen LogP contribution in [-0.4, -0.2) is 18.3 Å². The van der Waals surface area contributed by atoms with Gasteiger partial charge < -0.3 is 10.4 Å². The van der Waals surface area contributed by atoms with Gasteiger partial charge in [0, 0.05) is 18.6 Å². The van der Waals surface area contributed by atoms with E-state index >= 15 is 0 Å². The molecule has 16 heavy (non-hydrogen) atoms. The Bertz CT molecular complexity index is 351. The van der Waals surface area contributed by atoms with Crippen LogP contribution < -0.4 is 5.32 Å². The number of hydrogen-bond acceptors (Lipinski definition) is 2. The van der Waals surface area contributed by atoms with E-state index in [9.17, 15) is 5.11 Å². The second-order valence-corrected chi connectivity index (χ2v) is 5.52. The van der Waals surface area contributed by atoms with Crippen LogP contribution in [0, 0.1) is 19.3 Å². The Morgan fingerprint density at radius 1 is 1.31 bits per heavy atom. The fraction of sp³-hybridized carbons (Fsp3) is 0.538. The van der Waals surface area contributed by atoms with Crippen molar-refractivity contribution < 1.29 is 5.11 Å². The summed E-state index contributed by atoms with van der Waals surface area (Å²) in [5.41, 5.74) is 3.13. The molecule has 90 valence electrons. The van der Waals surface area contributed by atoms with Gasteiger partial charge in [-0.3, -0.25) is 0 Å². The molecule has 0 aliphatic carbocycles. The summed E-state index contributed by atoms with van der Waals surface area (Å²) in [6.45, 7) is 8.94. The summed E-state index contributed by atoms with van der Waals surface area (Å²) < 4.78 is 0. The summed E-state index contributed by atoms with van der Waals surface area (Å²) in [7, 11) is 0. The van der Waals surface area contributed by atoms with Crippen molar-refractivity contribution in [2.24, 2.45) is 5.41 Å². The molecule has 0 amide bonds. The van der Waals surface area contributed by atoms with Crippen molar-refractivity contribution in [1.82, 2.24) is 0 Å². The molecule has 0 heterocycles. The second-order valence-electron chi connectivity index (χ2n) is 5.11. The average molecular weight is 242 g/mol. The third kappa shape index (κ3) is 3.39. The number of benzene rings is 1. The largest absolute Gasteiger partial charge is 0.396 e. The lowest BCUT2D eigenvalue weighted by Crippen LogP contribution is -2.27. The topological polar surface area (TPSA) is 32.3 Å². The Morgan fingerprint density at radius 2 is 1.94 bits per heavy atom. The molecule has 0 radical (unpaired) electrons. The van der Waals surface area contributed by atoms with Crippen LogP contribution in [0.5, 0.6) is 0 Å². The fourth-order valence-electron chi connectivity index (χ4n) is 1.52. The molecular weight excluding hydrogens is 222 g/mol. The molecule has 0 aliphatic heterocycles. The number of aliphatic hydroxyl groups excluding tert-OH is 1. The highest BCUT2D eigenvalue weighted by Gasteiger charge is 2.17. The van der Waals surface area contributed by atoms with Crippen molar-refractivity contribution in [3.8, 4) is 0 Å². The fourth-order valence-corrected chi connectivity index (χ4v) is 1.91. The number of anilines is 1. The molecule has 0 saturated carbocycles.